The molecule has 0 nitrogen and oxygen atoms in total. The van der Waals surface area contributed by atoms with Crippen molar-refractivity contribution in [3.8, 4) is 11.1 Å². The number of thiol groups is 1. The molecule has 3 aromatic rings. The fourth-order valence-electron chi connectivity index (χ4n) is 2.49. The third-order valence-corrected chi connectivity index (χ3v) is 4.81. The zero-order valence-electron chi connectivity index (χ0n) is 11.3. The summed E-state index contributed by atoms with van der Waals surface area (Å²) in [6.07, 6.45) is 0. The van der Waals surface area contributed by atoms with Gasteiger partial charge in [0.25, 0.3) is 0 Å². The first-order valence-corrected chi connectivity index (χ1v) is 7.62. The highest BCUT2D eigenvalue weighted by Gasteiger charge is 2.09. The summed E-state index contributed by atoms with van der Waals surface area (Å²) < 4.78 is 1.35. The Morgan fingerprint density at radius 1 is 0.895 bits per heavy atom. The Bertz CT molecular complexity index is 766. The fraction of sp³-hybridized carbons (Fsp3) is 0.176. The van der Waals surface area contributed by atoms with Crippen LogP contribution in [-0.4, -0.2) is 0 Å². The summed E-state index contributed by atoms with van der Waals surface area (Å²) in [6.45, 7) is 6.44. The maximum absolute atomic E-state index is 4.63. The van der Waals surface area contributed by atoms with Crippen molar-refractivity contribution in [2.24, 2.45) is 0 Å². The molecule has 0 bridgehead atoms. The third kappa shape index (κ3) is 2.31. The van der Waals surface area contributed by atoms with E-state index in [-0.39, 0.29) is 0 Å². The zero-order valence-corrected chi connectivity index (χ0v) is 13.0. The number of thiophene rings is 1. The molecule has 0 fully saturated rings. The molecule has 96 valence electrons. The van der Waals surface area contributed by atoms with Gasteiger partial charge in [0.2, 0.25) is 0 Å². The average Bonchev–Trinajstić information content (AvgIpc) is 2.68. The highest BCUT2D eigenvalue weighted by Crippen LogP contribution is 2.35. The predicted molar refractivity (Wildman–Crippen MR) is 88.7 cm³/mol. The van der Waals surface area contributed by atoms with Crippen molar-refractivity contribution in [1.82, 2.24) is 0 Å². The maximum Gasteiger partial charge on any atom is 0.0351 e. The van der Waals surface area contributed by atoms with Gasteiger partial charge in [-0.05, 0) is 72.7 Å². The summed E-state index contributed by atoms with van der Waals surface area (Å²) in [7, 11) is 0. The lowest BCUT2D eigenvalue weighted by atomic mass is 9.98. The van der Waals surface area contributed by atoms with Crippen LogP contribution < -0.4 is 0 Å². The smallest absolute Gasteiger partial charge is 0.0351 e. The van der Waals surface area contributed by atoms with Gasteiger partial charge in [-0.25, -0.2) is 0 Å². The quantitative estimate of drug-likeness (QED) is 0.538. The Morgan fingerprint density at radius 2 is 1.68 bits per heavy atom. The molecule has 19 heavy (non-hydrogen) atoms. The molecule has 3 rings (SSSR count). The second-order valence-electron chi connectivity index (χ2n) is 5.08. The topological polar surface area (TPSA) is 0 Å². The second kappa shape index (κ2) is 4.69. The van der Waals surface area contributed by atoms with E-state index in [1.54, 1.807) is 0 Å². The van der Waals surface area contributed by atoms with Crippen molar-refractivity contribution in [2.45, 2.75) is 25.7 Å². The Balaban J connectivity index is 2.26. The van der Waals surface area contributed by atoms with Crippen LogP contribution in [0.4, 0.5) is 0 Å². The Morgan fingerprint density at radius 3 is 2.42 bits per heavy atom. The molecule has 0 aliphatic heterocycles. The van der Waals surface area contributed by atoms with Gasteiger partial charge in [-0.15, -0.1) is 24.0 Å². The van der Waals surface area contributed by atoms with Gasteiger partial charge in [-0.3, -0.25) is 0 Å². The van der Waals surface area contributed by atoms with Gasteiger partial charge in [0.1, 0.15) is 0 Å². The van der Waals surface area contributed by atoms with Crippen LogP contribution in [0.15, 0.2) is 41.3 Å². The van der Waals surface area contributed by atoms with E-state index < -0.39 is 0 Å². The summed E-state index contributed by atoms with van der Waals surface area (Å²) in [5.74, 6) is 0. The van der Waals surface area contributed by atoms with Crippen LogP contribution in [0.25, 0.3) is 21.2 Å². The van der Waals surface area contributed by atoms with Crippen molar-refractivity contribution >= 4 is 34.1 Å². The van der Waals surface area contributed by atoms with Gasteiger partial charge >= 0.3 is 0 Å². The molecule has 0 N–H and O–H groups in total. The highest BCUT2D eigenvalue weighted by molar-refractivity contribution is 7.80. The molecule has 0 unspecified atom stereocenters. The van der Waals surface area contributed by atoms with Crippen LogP contribution in [0.3, 0.4) is 0 Å². The van der Waals surface area contributed by atoms with Gasteiger partial charge < -0.3 is 0 Å². The Hall–Kier alpha value is -1.25. The van der Waals surface area contributed by atoms with E-state index in [0.29, 0.717) is 0 Å². The number of aryl methyl sites for hydroxylation is 3. The monoisotopic (exact) mass is 284 g/mol. The first-order valence-electron chi connectivity index (χ1n) is 6.35. The van der Waals surface area contributed by atoms with E-state index >= 15 is 0 Å². The van der Waals surface area contributed by atoms with E-state index in [9.17, 15) is 0 Å². The molecule has 0 aliphatic carbocycles. The van der Waals surface area contributed by atoms with E-state index in [2.05, 4.69) is 69.8 Å². The molecule has 0 atom stereocenters. The van der Waals surface area contributed by atoms with Crippen molar-refractivity contribution in [1.29, 1.82) is 0 Å². The van der Waals surface area contributed by atoms with Crippen LogP contribution in [0.1, 0.15) is 16.0 Å². The second-order valence-corrected chi connectivity index (χ2v) is 6.85. The van der Waals surface area contributed by atoms with Gasteiger partial charge in [0.05, 0.1) is 0 Å². The molecule has 0 saturated carbocycles. The number of hydrogen-bond acceptors (Lipinski definition) is 2. The van der Waals surface area contributed by atoms with Crippen LogP contribution in [0, 0.1) is 20.8 Å². The maximum atomic E-state index is 4.63. The summed E-state index contributed by atoms with van der Waals surface area (Å²) in [6, 6.07) is 13.3. The van der Waals surface area contributed by atoms with E-state index in [4.69, 9.17) is 0 Å². The van der Waals surface area contributed by atoms with E-state index in [1.165, 1.54) is 37.2 Å². The van der Waals surface area contributed by atoms with Crippen LogP contribution >= 0.6 is 24.0 Å². The van der Waals surface area contributed by atoms with Gasteiger partial charge in [-0.1, -0.05) is 12.1 Å². The molecule has 0 aliphatic rings. The lowest BCUT2D eigenvalue weighted by Crippen LogP contribution is -1.86. The molecule has 0 saturated heterocycles. The molecule has 1 heterocycles. The number of hydrogen-bond donors (Lipinski definition) is 1. The minimum absolute atomic E-state index is 1.05. The Kier molecular flexibility index (Phi) is 3.15. The summed E-state index contributed by atoms with van der Waals surface area (Å²) >= 11 is 6.48. The lowest BCUT2D eigenvalue weighted by Gasteiger charge is -2.10. The average molecular weight is 284 g/mol. The van der Waals surface area contributed by atoms with Crippen molar-refractivity contribution in [2.75, 3.05) is 0 Å². The van der Waals surface area contributed by atoms with Gasteiger partial charge in [0.15, 0.2) is 0 Å². The lowest BCUT2D eigenvalue weighted by molar-refractivity contribution is 1.35. The van der Waals surface area contributed by atoms with Crippen LogP contribution in [0.5, 0.6) is 0 Å². The summed E-state index contributed by atoms with van der Waals surface area (Å²) in [4.78, 5) is 2.41. The molecule has 0 amide bonds. The minimum atomic E-state index is 1.05. The summed E-state index contributed by atoms with van der Waals surface area (Å²) in [5.41, 5.74) is 5.07. The van der Waals surface area contributed by atoms with E-state index in [1.807, 2.05) is 11.3 Å². The molecule has 0 spiro atoms. The largest absolute Gasteiger partial charge is 0.143 e. The number of benzene rings is 2. The van der Waals surface area contributed by atoms with Gasteiger partial charge in [-0.2, -0.15) is 0 Å². The van der Waals surface area contributed by atoms with Gasteiger partial charge in [0, 0.05) is 14.5 Å². The van der Waals surface area contributed by atoms with Crippen molar-refractivity contribution in [3.63, 3.8) is 0 Å². The standard InChI is InChI=1S/C17H16S2/c1-10-4-5-14(16(18)6-10)15-9-17-13(7-11(15)2)8-12(3)19-17/h4-9,18H,1-3H3. The molecule has 2 heteroatoms. The molecular weight excluding hydrogens is 268 g/mol. The molecule has 1 aromatic heterocycles. The molecular formula is C17H16S2. The van der Waals surface area contributed by atoms with E-state index in [0.717, 1.165) is 4.90 Å². The summed E-state index contributed by atoms with van der Waals surface area (Å²) in [5, 5.41) is 1.34. The van der Waals surface area contributed by atoms with Crippen molar-refractivity contribution < 1.29 is 0 Å². The molecule has 2 aromatic carbocycles. The SMILES string of the molecule is Cc1ccc(-c2cc3sc(C)cc3cc2C)c(S)c1. The third-order valence-electron chi connectivity index (χ3n) is 3.43. The van der Waals surface area contributed by atoms with Crippen molar-refractivity contribution in [3.05, 3.63) is 52.4 Å². The van der Waals surface area contributed by atoms with Crippen LogP contribution in [0.2, 0.25) is 0 Å². The molecule has 0 radical (unpaired) electrons. The first kappa shape index (κ1) is 12.8. The zero-order chi connectivity index (χ0) is 13.6. The number of rotatable bonds is 1. The first-order chi connectivity index (χ1) is 9.04. The number of fused-ring (bicyclic) bond motifs is 1. The van der Waals surface area contributed by atoms with Crippen LogP contribution in [-0.2, 0) is 0 Å². The predicted octanol–water partition coefficient (Wildman–Crippen LogP) is 5.78. The normalized spacial score (nSPS) is 11.2. The highest BCUT2D eigenvalue weighted by atomic mass is 32.1. The fourth-order valence-corrected chi connectivity index (χ4v) is 3.84. The minimum Gasteiger partial charge on any atom is -0.143 e. The Labute approximate surface area is 123 Å².